The zero-order chi connectivity index (χ0) is 16.4. The van der Waals surface area contributed by atoms with Crippen LogP contribution in [0, 0.1) is 6.92 Å². The average Bonchev–Trinajstić information content (AvgIpc) is 3.16. The van der Waals surface area contributed by atoms with E-state index < -0.39 is 0 Å². The maximum atomic E-state index is 12.3. The number of carbonyl (C=O) groups is 1. The molecule has 8 nitrogen and oxygen atoms in total. The van der Waals surface area contributed by atoms with Crippen LogP contribution in [-0.4, -0.2) is 36.1 Å². The van der Waals surface area contributed by atoms with E-state index in [0.717, 1.165) is 17.1 Å². The zero-order valence-electron chi connectivity index (χ0n) is 13.1. The van der Waals surface area contributed by atoms with Crippen molar-refractivity contribution in [2.45, 2.75) is 19.9 Å². The number of H-pyrrole nitrogens is 1. The Labute approximate surface area is 132 Å². The lowest BCUT2D eigenvalue weighted by atomic mass is 10.1. The summed E-state index contributed by atoms with van der Waals surface area (Å²) in [5, 5.41) is 14.8. The monoisotopic (exact) mass is 311 g/mol. The molecular formula is C15H17N7O. The number of aromatic nitrogens is 6. The Hall–Kier alpha value is -3.03. The summed E-state index contributed by atoms with van der Waals surface area (Å²) in [5.41, 5.74) is 2.33. The molecular weight excluding hydrogens is 294 g/mol. The maximum absolute atomic E-state index is 12.3. The topological polar surface area (TPSA) is 101 Å². The second kappa shape index (κ2) is 5.99. The first-order valence-electron chi connectivity index (χ1n) is 7.20. The van der Waals surface area contributed by atoms with Gasteiger partial charge in [0.2, 0.25) is 5.82 Å². The first-order chi connectivity index (χ1) is 11.0. The van der Waals surface area contributed by atoms with E-state index in [9.17, 15) is 4.79 Å². The molecule has 3 rings (SSSR count). The molecule has 23 heavy (non-hydrogen) atoms. The summed E-state index contributed by atoms with van der Waals surface area (Å²) < 4.78 is 0. The Morgan fingerprint density at radius 3 is 2.61 bits per heavy atom. The summed E-state index contributed by atoms with van der Waals surface area (Å²) in [6, 6.07) is 6.88. The van der Waals surface area contributed by atoms with Crippen LogP contribution in [0.15, 0.2) is 30.5 Å². The van der Waals surface area contributed by atoms with Gasteiger partial charge in [-0.3, -0.25) is 4.79 Å². The summed E-state index contributed by atoms with van der Waals surface area (Å²) >= 11 is 0. The SMILES string of the molecule is Cc1cnc([C@@H](C)NC(=O)c2ccc(-c3nnn(C)n3)cc2)[nH]1. The van der Waals surface area contributed by atoms with E-state index in [0.29, 0.717) is 11.4 Å². The number of amides is 1. The Kier molecular flexibility index (Phi) is 3.88. The molecule has 0 aliphatic heterocycles. The Bertz CT molecular complexity index is 818. The smallest absolute Gasteiger partial charge is 0.251 e. The lowest BCUT2D eigenvalue weighted by Gasteiger charge is -2.11. The molecule has 3 aromatic rings. The van der Waals surface area contributed by atoms with Crippen LogP contribution in [0.2, 0.25) is 0 Å². The molecule has 2 N–H and O–H groups in total. The lowest BCUT2D eigenvalue weighted by Crippen LogP contribution is -2.27. The van der Waals surface area contributed by atoms with Gasteiger partial charge in [0.1, 0.15) is 5.82 Å². The van der Waals surface area contributed by atoms with Crippen LogP contribution in [0.3, 0.4) is 0 Å². The molecule has 8 heteroatoms. The van der Waals surface area contributed by atoms with E-state index >= 15 is 0 Å². The van der Waals surface area contributed by atoms with Gasteiger partial charge >= 0.3 is 0 Å². The number of aryl methyl sites for hydroxylation is 2. The number of benzene rings is 1. The van der Waals surface area contributed by atoms with Crippen LogP contribution in [0.4, 0.5) is 0 Å². The Balaban J connectivity index is 1.70. The van der Waals surface area contributed by atoms with Crippen LogP contribution >= 0.6 is 0 Å². The van der Waals surface area contributed by atoms with Gasteiger partial charge in [0, 0.05) is 23.0 Å². The molecule has 0 unspecified atom stereocenters. The molecule has 2 heterocycles. The Morgan fingerprint density at radius 1 is 1.30 bits per heavy atom. The molecule has 2 aromatic heterocycles. The largest absolute Gasteiger partial charge is 0.344 e. The fourth-order valence-corrected chi connectivity index (χ4v) is 2.17. The molecule has 0 saturated carbocycles. The van der Waals surface area contributed by atoms with Gasteiger partial charge < -0.3 is 10.3 Å². The fourth-order valence-electron chi connectivity index (χ4n) is 2.17. The van der Waals surface area contributed by atoms with Gasteiger partial charge in [-0.05, 0) is 31.2 Å². The van der Waals surface area contributed by atoms with E-state index in [1.165, 1.54) is 4.80 Å². The number of imidazole rings is 1. The van der Waals surface area contributed by atoms with Crippen molar-refractivity contribution >= 4 is 5.91 Å². The zero-order valence-corrected chi connectivity index (χ0v) is 13.1. The number of nitrogens with one attached hydrogen (secondary N) is 2. The number of carbonyl (C=O) groups excluding carboxylic acids is 1. The standard InChI is InChI=1S/C15H17N7O/c1-9-8-16-13(17-9)10(2)18-15(23)12-6-4-11(5-7-12)14-19-21-22(3)20-14/h4-8,10H,1-3H3,(H,16,17)(H,18,23)/t10-/m1/s1. The highest BCUT2D eigenvalue weighted by Gasteiger charge is 2.14. The van der Waals surface area contributed by atoms with Crippen LogP contribution in [-0.2, 0) is 7.05 Å². The van der Waals surface area contributed by atoms with Crippen molar-refractivity contribution in [3.8, 4) is 11.4 Å². The number of hydrogen-bond acceptors (Lipinski definition) is 5. The van der Waals surface area contributed by atoms with Gasteiger partial charge in [-0.2, -0.15) is 4.80 Å². The quantitative estimate of drug-likeness (QED) is 0.758. The first kappa shape index (κ1) is 14.9. The molecule has 1 atom stereocenters. The maximum Gasteiger partial charge on any atom is 0.251 e. The summed E-state index contributed by atoms with van der Waals surface area (Å²) in [6.45, 7) is 3.80. The minimum absolute atomic E-state index is 0.162. The fraction of sp³-hybridized carbons (Fsp3) is 0.267. The van der Waals surface area contributed by atoms with Crippen molar-refractivity contribution in [1.29, 1.82) is 0 Å². The lowest BCUT2D eigenvalue weighted by molar-refractivity contribution is 0.0938. The predicted octanol–water partition coefficient (Wildman–Crippen LogP) is 1.40. The molecule has 1 amide bonds. The third kappa shape index (κ3) is 3.25. The van der Waals surface area contributed by atoms with E-state index in [1.54, 1.807) is 37.5 Å². The summed E-state index contributed by atoms with van der Waals surface area (Å²) in [5.74, 6) is 1.10. The van der Waals surface area contributed by atoms with Crippen molar-refractivity contribution in [2.75, 3.05) is 0 Å². The van der Waals surface area contributed by atoms with Crippen molar-refractivity contribution in [2.24, 2.45) is 7.05 Å². The molecule has 0 fully saturated rings. The van der Waals surface area contributed by atoms with Gasteiger partial charge in [-0.15, -0.1) is 10.2 Å². The second-order valence-electron chi connectivity index (χ2n) is 5.33. The van der Waals surface area contributed by atoms with Crippen LogP contribution < -0.4 is 5.32 Å². The van der Waals surface area contributed by atoms with Crippen molar-refractivity contribution in [3.05, 3.63) is 47.5 Å². The molecule has 118 valence electrons. The van der Waals surface area contributed by atoms with Crippen LogP contribution in [0.1, 0.15) is 34.8 Å². The highest BCUT2D eigenvalue weighted by atomic mass is 16.1. The van der Waals surface area contributed by atoms with Gasteiger partial charge in [0.15, 0.2) is 0 Å². The first-order valence-corrected chi connectivity index (χ1v) is 7.20. The van der Waals surface area contributed by atoms with Gasteiger partial charge in [0.05, 0.1) is 13.1 Å². The molecule has 0 aliphatic carbocycles. The van der Waals surface area contributed by atoms with Crippen molar-refractivity contribution in [1.82, 2.24) is 35.5 Å². The molecule has 1 aromatic carbocycles. The number of rotatable bonds is 4. The summed E-state index contributed by atoms with van der Waals surface area (Å²) in [7, 11) is 1.70. The number of hydrogen-bond donors (Lipinski definition) is 2. The minimum atomic E-state index is -0.197. The molecule has 0 radical (unpaired) electrons. The van der Waals surface area contributed by atoms with E-state index in [4.69, 9.17) is 0 Å². The normalized spacial score (nSPS) is 12.1. The van der Waals surface area contributed by atoms with Gasteiger partial charge in [-0.25, -0.2) is 4.98 Å². The predicted molar refractivity (Wildman–Crippen MR) is 83.4 cm³/mol. The molecule has 0 aliphatic rings. The average molecular weight is 311 g/mol. The van der Waals surface area contributed by atoms with Gasteiger partial charge in [-0.1, -0.05) is 12.1 Å². The highest BCUT2D eigenvalue weighted by molar-refractivity contribution is 5.94. The molecule has 0 bridgehead atoms. The molecule has 0 saturated heterocycles. The Morgan fingerprint density at radius 2 is 2.04 bits per heavy atom. The van der Waals surface area contributed by atoms with Crippen molar-refractivity contribution < 1.29 is 4.79 Å². The third-order valence-electron chi connectivity index (χ3n) is 3.39. The summed E-state index contributed by atoms with van der Waals surface area (Å²) in [6.07, 6.45) is 1.74. The van der Waals surface area contributed by atoms with E-state index in [-0.39, 0.29) is 11.9 Å². The highest BCUT2D eigenvalue weighted by Crippen LogP contribution is 2.15. The van der Waals surface area contributed by atoms with Gasteiger partial charge in [0.25, 0.3) is 5.91 Å². The number of aromatic amines is 1. The van der Waals surface area contributed by atoms with Crippen LogP contribution in [0.25, 0.3) is 11.4 Å². The number of tetrazole rings is 1. The van der Waals surface area contributed by atoms with E-state index in [2.05, 4.69) is 30.7 Å². The molecule has 0 spiro atoms. The minimum Gasteiger partial charge on any atom is -0.344 e. The summed E-state index contributed by atoms with van der Waals surface area (Å²) in [4.78, 5) is 21.0. The number of nitrogens with zero attached hydrogens (tertiary/aromatic N) is 5. The second-order valence-corrected chi connectivity index (χ2v) is 5.33. The van der Waals surface area contributed by atoms with Crippen molar-refractivity contribution in [3.63, 3.8) is 0 Å². The third-order valence-corrected chi connectivity index (χ3v) is 3.39. The van der Waals surface area contributed by atoms with Crippen LogP contribution in [0.5, 0.6) is 0 Å². The van der Waals surface area contributed by atoms with E-state index in [1.807, 2.05) is 13.8 Å².